The fourth-order valence-corrected chi connectivity index (χ4v) is 3.40. The van der Waals surface area contributed by atoms with Gasteiger partial charge in [0.25, 0.3) is 0 Å². The lowest BCUT2D eigenvalue weighted by atomic mass is 10.0. The van der Waals surface area contributed by atoms with Crippen LogP contribution in [-0.2, 0) is 0 Å². The maximum absolute atomic E-state index is 9.84. The van der Waals surface area contributed by atoms with E-state index in [1.54, 1.807) is 0 Å². The van der Waals surface area contributed by atoms with Crippen molar-refractivity contribution in [3.63, 3.8) is 0 Å². The van der Waals surface area contributed by atoms with E-state index in [0.717, 1.165) is 6.42 Å². The maximum atomic E-state index is 9.84. The highest BCUT2D eigenvalue weighted by molar-refractivity contribution is 4.84. The van der Waals surface area contributed by atoms with Gasteiger partial charge in [-0.1, -0.05) is 6.42 Å². The van der Waals surface area contributed by atoms with Crippen molar-refractivity contribution >= 4 is 0 Å². The van der Waals surface area contributed by atoms with Gasteiger partial charge in [-0.3, -0.25) is 4.90 Å². The van der Waals surface area contributed by atoms with E-state index in [9.17, 15) is 5.11 Å². The minimum atomic E-state index is -0.0164. The highest BCUT2D eigenvalue weighted by Gasteiger charge is 2.29. The number of aliphatic hydroxyl groups excluding tert-OH is 1. The third-order valence-corrected chi connectivity index (χ3v) is 4.87. The molecular weight excluding hydrogens is 212 g/mol. The summed E-state index contributed by atoms with van der Waals surface area (Å²) in [4.78, 5) is 5.06. The molecule has 3 nitrogen and oxygen atoms in total. The molecule has 4 unspecified atom stereocenters. The van der Waals surface area contributed by atoms with E-state index < -0.39 is 0 Å². The molecule has 1 aliphatic carbocycles. The normalized spacial score (nSPS) is 40.9. The second-order valence-corrected chi connectivity index (χ2v) is 6.17. The van der Waals surface area contributed by atoms with Crippen molar-refractivity contribution in [3.8, 4) is 0 Å². The number of likely N-dealkylation sites (N-methyl/N-ethyl adjacent to an activating group) is 1. The lowest BCUT2D eigenvalue weighted by Gasteiger charge is -2.42. The Kier molecular flexibility index (Phi) is 4.45. The van der Waals surface area contributed by atoms with Gasteiger partial charge in [0.05, 0.1) is 6.10 Å². The second-order valence-electron chi connectivity index (χ2n) is 6.17. The first-order valence-corrected chi connectivity index (χ1v) is 7.20. The Morgan fingerprint density at radius 3 is 2.29 bits per heavy atom. The van der Waals surface area contributed by atoms with Gasteiger partial charge in [-0.2, -0.15) is 0 Å². The first kappa shape index (κ1) is 13.3. The molecule has 3 heteroatoms. The van der Waals surface area contributed by atoms with Crippen LogP contribution in [0.2, 0.25) is 0 Å². The number of hydrogen-bond acceptors (Lipinski definition) is 3. The summed E-state index contributed by atoms with van der Waals surface area (Å²) in [5.41, 5.74) is 0. The minimum absolute atomic E-state index is 0.0164. The quantitative estimate of drug-likeness (QED) is 0.811. The van der Waals surface area contributed by atoms with Gasteiger partial charge < -0.3 is 10.0 Å². The third kappa shape index (κ3) is 3.21. The van der Waals surface area contributed by atoms with Crippen molar-refractivity contribution in [3.05, 3.63) is 0 Å². The van der Waals surface area contributed by atoms with Crippen molar-refractivity contribution in [1.29, 1.82) is 0 Å². The van der Waals surface area contributed by atoms with Gasteiger partial charge in [0.15, 0.2) is 0 Å². The van der Waals surface area contributed by atoms with E-state index in [2.05, 4.69) is 30.7 Å². The van der Waals surface area contributed by atoms with Crippen molar-refractivity contribution in [2.45, 2.75) is 57.7 Å². The second kappa shape index (κ2) is 5.68. The molecular formula is C14H28N2O. The average molecular weight is 240 g/mol. The topological polar surface area (TPSA) is 26.7 Å². The van der Waals surface area contributed by atoms with Crippen molar-refractivity contribution < 1.29 is 5.11 Å². The van der Waals surface area contributed by atoms with E-state index in [1.807, 2.05) is 0 Å². The number of nitrogens with zero attached hydrogens (tertiary/aromatic N) is 2. The lowest BCUT2D eigenvalue weighted by molar-refractivity contribution is 0.0500. The molecule has 0 spiro atoms. The predicted octanol–water partition coefficient (Wildman–Crippen LogP) is 1.56. The first-order valence-electron chi connectivity index (χ1n) is 7.20. The van der Waals surface area contributed by atoms with E-state index in [1.165, 1.54) is 38.9 Å². The van der Waals surface area contributed by atoms with Crippen LogP contribution in [0.4, 0.5) is 0 Å². The Hall–Kier alpha value is -0.120. The average Bonchev–Trinajstić information content (AvgIpc) is 2.69. The largest absolute Gasteiger partial charge is 0.393 e. The summed E-state index contributed by atoms with van der Waals surface area (Å²) in [7, 11) is 2.23. The Labute approximate surface area is 106 Å². The summed E-state index contributed by atoms with van der Waals surface area (Å²) in [6.45, 7) is 8.16. The Morgan fingerprint density at radius 1 is 1.12 bits per heavy atom. The van der Waals surface area contributed by atoms with Gasteiger partial charge in [0.2, 0.25) is 0 Å². The summed E-state index contributed by atoms with van der Waals surface area (Å²) in [5.74, 6) is 0.570. The molecule has 2 aliphatic rings. The minimum Gasteiger partial charge on any atom is -0.393 e. The summed E-state index contributed by atoms with van der Waals surface area (Å²) in [6, 6.07) is 1.32. The van der Waals surface area contributed by atoms with E-state index in [4.69, 9.17) is 0 Å². The molecule has 4 atom stereocenters. The smallest absolute Gasteiger partial charge is 0.0568 e. The van der Waals surface area contributed by atoms with Crippen LogP contribution in [0.1, 0.15) is 39.5 Å². The van der Waals surface area contributed by atoms with E-state index in [-0.39, 0.29) is 6.10 Å². The van der Waals surface area contributed by atoms with Gasteiger partial charge in [0, 0.05) is 25.2 Å². The van der Waals surface area contributed by atoms with Crippen LogP contribution < -0.4 is 0 Å². The SMILES string of the molecule is CC1CN(CCC2CCCC2O)CC(C)N1C. The molecule has 0 aromatic heterocycles. The predicted molar refractivity (Wildman–Crippen MR) is 71.1 cm³/mol. The molecule has 1 aliphatic heterocycles. The Morgan fingerprint density at radius 2 is 1.76 bits per heavy atom. The summed E-state index contributed by atoms with van der Waals surface area (Å²) >= 11 is 0. The van der Waals surface area contributed by atoms with Crippen molar-refractivity contribution in [1.82, 2.24) is 9.80 Å². The third-order valence-electron chi connectivity index (χ3n) is 4.87. The summed E-state index contributed by atoms with van der Waals surface area (Å²) in [6.07, 6.45) is 4.66. The van der Waals surface area contributed by atoms with Gasteiger partial charge in [0.1, 0.15) is 0 Å². The maximum Gasteiger partial charge on any atom is 0.0568 e. The van der Waals surface area contributed by atoms with Gasteiger partial charge in [-0.15, -0.1) is 0 Å². The summed E-state index contributed by atoms with van der Waals surface area (Å²) in [5, 5.41) is 9.84. The number of piperazine rings is 1. The fraction of sp³-hybridized carbons (Fsp3) is 1.00. The zero-order valence-electron chi connectivity index (χ0n) is 11.6. The molecule has 1 saturated heterocycles. The summed E-state index contributed by atoms with van der Waals surface area (Å²) < 4.78 is 0. The van der Waals surface area contributed by atoms with Gasteiger partial charge in [-0.05, 0) is 52.6 Å². The van der Waals surface area contributed by atoms with Crippen LogP contribution in [0, 0.1) is 5.92 Å². The molecule has 1 heterocycles. The fourth-order valence-electron chi connectivity index (χ4n) is 3.40. The molecule has 100 valence electrons. The molecule has 0 amide bonds. The molecule has 2 rings (SSSR count). The highest BCUT2D eigenvalue weighted by Crippen LogP contribution is 2.28. The number of rotatable bonds is 3. The monoisotopic (exact) mass is 240 g/mol. The number of hydrogen-bond donors (Lipinski definition) is 1. The van der Waals surface area contributed by atoms with E-state index >= 15 is 0 Å². The molecule has 0 bridgehead atoms. The molecule has 0 aromatic carbocycles. The molecule has 2 fully saturated rings. The number of aliphatic hydroxyl groups is 1. The molecule has 0 radical (unpaired) electrons. The molecule has 1 saturated carbocycles. The van der Waals surface area contributed by atoms with Crippen LogP contribution in [0.3, 0.4) is 0 Å². The van der Waals surface area contributed by atoms with Crippen LogP contribution in [-0.4, -0.2) is 59.8 Å². The zero-order valence-corrected chi connectivity index (χ0v) is 11.6. The Balaban J connectivity index is 1.76. The van der Waals surface area contributed by atoms with Crippen LogP contribution >= 0.6 is 0 Å². The van der Waals surface area contributed by atoms with Crippen LogP contribution in [0.25, 0.3) is 0 Å². The van der Waals surface area contributed by atoms with Gasteiger partial charge in [-0.25, -0.2) is 0 Å². The van der Waals surface area contributed by atoms with Crippen molar-refractivity contribution in [2.24, 2.45) is 5.92 Å². The molecule has 0 aromatic rings. The lowest BCUT2D eigenvalue weighted by Crippen LogP contribution is -2.55. The Bertz CT molecular complexity index is 234. The van der Waals surface area contributed by atoms with Gasteiger partial charge >= 0.3 is 0 Å². The molecule has 17 heavy (non-hydrogen) atoms. The highest BCUT2D eigenvalue weighted by atomic mass is 16.3. The van der Waals surface area contributed by atoms with Crippen LogP contribution in [0.15, 0.2) is 0 Å². The molecule has 1 N–H and O–H groups in total. The van der Waals surface area contributed by atoms with Crippen molar-refractivity contribution in [2.75, 3.05) is 26.7 Å². The standard InChI is InChI=1S/C14H28N2O/c1-11-9-16(10-12(2)15(11)3)8-7-13-5-4-6-14(13)17/h11-14,17H,4-10H2,1-3H3. The first-order chi connectivity index (χ1) is 8.08. The van der Waals surface area contributed by atoms with E-state index in [0.29, 0.717) is 18.0 Å². The zero-order chi connectivity index (χ0) is 12.4. The van der Waals surface area contributed by atoms with Crippen LogP contribution in [0.5, 0.6) is 0 Å².